The van der Waals surface area contributed by atoms with Crippen LogP contribution in [0.3, 0.4) is 0 Å². The number of thiocarbonyl (C=S) groups is 1. The van der Waals surface area contributed by atoms with Gasteiger partial charge in [0.05, 0.1) is 14.2 Å². The Kier molecular flexibility index (Phi) is 8.18. The van der Waals surface area contributed by atoms with Crippen molar-refractivity contribution in [1.82, 2.24) is 10.6 Å². The van der Waals surface area contributed by atoms with Crippen molar-refractivity contribution in [3.05, 3.63) is 53.1 Å². The lowest BCUT2D eigenvalue weighted by molar-refractivity contribution is 0.354. The van der Waals surface area contributed by atoms with Crippen molar-refractivity contribution in [2.24, 2.45) is 0 Å². The van der Waals surface area contributed by atoms with Crippen molar-refractivity contribution >= 4 is 40.7 Å². The maximum absolute atomic E-state index is 5.87. The molecule has 0 saturated carbocycles. The van der Waals surface area contributed by atoms with Gasteiger partial charge >= 0.3 is 0 Å². The minimum atomic E-state index is 0.622. The number of hydrogen-bond acceptors (Lipinski definition) is 4. The lowest BCUT2D eigenvalue weighted by Crippen LogP contribution is -2.35. The van der Waals surface area contributed by atoms with Crippen LogP contribution in [0, 0.1) is 0 Å². The molecule has 0 aromatic heterocycles. The highest BCUT2D eigenvalue weighted by atomic mass is 35.5. The van der Waals surface area contributed by atoms with Crippen LogP contribution in [0.15, 0.2) is 47.4 Å². The van der Waals surface area contributed by atoms with Gasteiger partial charge in [0.1, 0.15) is 0 Å². The second kappa shape index (κ2) is 10.4. The van der Waals surface area contributed by atoms with Gasteiger partial charge in [0.2, 0.25) is 0 Å². The summed E-state index contributed by atoms with van der Waals surface area (Å²) in [4.78, 5) is 1.19. The molecule has 7 heteroatoms. The summed E-state index contributed by atoms with van der Waals surface area (Å²) in [5.41, 5.74) is 1.07. The van der Waals surface area contributed by atoms with Gasteiger partial charge < -0.3 is 20.1 Å². The minimum Gasteiger partial charge on any atom is -0.493 e. The zero-order valence-corrected chi connectivity index (χ0v) is 16.6. The number of methoxy groups -OCH3 is 2. The largest absolute Gasteiger partial charge is 0.493 e. The third kappa shape index (κ3) is 6.65. The quantitative estimate of drug-likeness (QED) is 0.397. The molecular weight excluding hydrogens is 376 g/mol. The standard InChI is InChI=1S/C18H21ClN2O2S2/c1-22-16-8-3-13(11-17(16)23-2)12-21-18(24)20-9-10-25-15-6-4-14(19)5-7-15/h3-8,11H,9-10,12H2,1-2H3,(H2,20,21,24). The molecule has 0 aliphatic carbocycles. The second-order valence-electron chi connectivity index (χ2n) is 5.10. The van der Waals surface area contributed by atoms with Crippen LogP contribution in [-0.2, 0) is 6.54 Å². The second-order valence-corrected chi connectivity index (χ2v) is 7.11. The fraction of sp³-hybridized carbons (Fsp3) is 0.278. The van der Waals surface area contributed by atoms with Gasteiger partial charge in [-0.25, -0.2) is 0 Å². The van der Waals surface area contributed by atoms with E-state index in [1.165, 1.54) is 4.90 Å². The highest BCUT2D eigenvalue weighted by Gasteiger charge is 2.05. The number of hydrogen-bond donors (Lipinski definition) is 2. The van der Waals surface area contributed by atoms with Crippen LogP contribution in [0.5, 0.6) is 11.5 Å². The maximum atomic E-state index is 5.87. The van der Waals surface area contributed by atoms with Crippen LogP contribution in [0.25, 0.3) is 0 Å². The summed E-state index contributed by atoms with van der Waals surface area (Å²) < 4.78 is 10.5. The van der Waals surface area contributed by atoms with E-state index in [0.717, 1.165) is 22.9 Å². The lowest BCUT2D eigenvalue weighted by Gasteiger charge is -2.12. The summed E-state index contributed by atoms with van der Waals surface area (Å²) in [5, 5.41) is 7.78. The SMILES string of the molecule is COc1ccc(CNC(=S)NCCSc2ccc(Cl)cc2)cc1OC. The molecule has 0 heterocycles. The van der Waals surface area contributed by atoms with E-state index in [9.17, 15) is 0 Å². The van der Waals surface area contributed by atoms with E-state index >= 15 is 0 Å². The zero-order chi connectivity index (χ0) is 18.1. The summed E-state index contributed by atoms with van der Waals surface area (Å²) in [7, 11) is 3.25. The number of benzene rings is 2. The number of nitrogens with one attached hydrogen (secondary N) is 2. The number of halogens is 1. The van der Waals surface area contributed by atoms with Gasteiger partial charge in [-0.15, -0.1) is 11.8 Å². The summed E-state index contributed by atoms with van der Waals surface area (Å²) in [6.45, 7) is 1.40. The fourth-order valence-electron chi connectivity index (χ4n) is 2.10. The summed E-state index contributed by atoms with van der Waals surface area (Å²) in [6, 6.07) is 13.6. The van der Waals surface area contributed by atoms with Gasteiger partial charge in [-0.3, -0.25) is 0 Å². The Morgan fingerprint density at radius 3 is 2.44 bits per heavy atom. The van der Waals surface area contributed by atoms with E-state index in [-0.39, 0.29) is 0 Å². The van der Waals surface area contributed by atoms with Gasteiger partial charge in [-0.2, -0.15) is 0 Å². The maximum Gasteiger partial charge on any atom is 0.166 e. The molecule has 0 radical (unpaired) electrons. The Morgan fingerprint density at radius 2 is 1.76 bits per heavy atom. The molecule has 2 aromatic carbocycles. The Labute approximate surface area is 163 Å². The van der Waals surface area contributed by atoms with Crippen molar-refractivity contribution in [1.29, 1.82) is 0 Å². The molecule has 2 aromatic rings. The Balaban J connectivity index is 1.69. The summed E-state index contributed by atoms with van der Waals surface area (Å²) in [5.74, 6) is 2.34. The van der Waals surface area contributed by atoms with Gasteiger partial charge in [-0.05, 0) is 54.2 Å². The average molecular weight is 397 g/mol. The zero-order valence-electron chi connectivity index (χ0n) is 14.2. The van der Waals surface area contributed by atoms with Crippen LogP contribution in [-0.4, -0.2) is 31.6 Å². The Hall–Kier alpha value is -1.63. The molecule has 2 N–H and O–H groups in total. The minimum absolute atomic E-state index is 0.622. The Morgan fingerprint density at radius 1 is 1.04 bits per heavy atom. The van der Waals surface area contributed by atoms with Crippen molar-refractivity contribution in [2.75, 3.05) is 26.5 Å². The molecule has 0 bridgehead atoms. The van der Waals surface area contributed by atoms with Crippen LogP contribution >= 0.6 is 35.6 Å². The fourth-order valence-corrected chi connectivity index (χ4v) is 3.17. The molecule has 0 amide bonds. The van der Waals surface area contributed by atoms with Crippen LogP contribution in [0.2, 0.25) is 5.02 Å². The monoisotopic (exact) mass is 396 g/mol. The molecular formula is C18H21ClN2O2S2. The highest BCUT2D eigenvalue weighted by Crippen LogP contribution is 2.27. The molecule has 4 nitrogen and oxygen atoms in total. The number of rotatable bonds is 8. The molecule has 0 unspecified atom stereocenters. The molecule has 0 aliphatic rings. The lowest BCUT2D eigenvalue weighted by atomic mass is 10.2. The van der Waals surface area contributed by atoms with E-state index in [1.54, 1.807) is 26.0 Å². The number of ether oxygens (including phenoxy) is 2. The van der Waals surface area contributed by atoms with E-state index in [2.05, 4.69) is 10.6 Å². The van der Waals surface area contributed by atoms with Crippen molar-refractivity contribution < 1.29 is 9.47 Å². The van der Waals surface area contributed by atoms with E-state index < -0.39 is 0 Å². The molecule has 2 rings (SSSR count). The molecule has 0 spiro atoms. The van der Waals surface area contributed by atoms with Gasteiger partial charge in [0, 0.05) is 28.8 Å². The summed E-state index contributed by atoms with van der Waals surface area (Å²) in [6.07, 6.45) is 0. The first-order valence-electron chi connectivity index (χ1n) is 7.73. The van der Waals surface area contributed by atoms with Crippen LogP contribution in [0.1, 0.15) is 5.56 Å². The van der Waals surface area contributed by atoms with Crippen molar-refractivity contribution in [3.8, 4) is 11.5 Å². The molecule has 0 aliphatic heterocycles. The molecule has 0 fully saturated rings. The Bertz CT molecular complexity index is 696. The third-order valence-corrected chi connectivity index (χ3v) is 4.93. The van der Waals surface area contributed by atoms with Crippen LogP contribution < -0.4 is 20.1 Å². The van der Waals surface area contributed by atoms with Crippen molar-refractivity contribution in [3.63, 3.8) is 0 Å². The predicted molar refractivity (Wildman–Crippen MR) is 109 cm³/mol. The summed E-state index contributed by atoms with van der Waals surface area (Å²) >= 11 is 12.9. The van der Waals surface area contributed by atoms with Gasteiger partial charge in [-0.1, -0.05) is 17.7 Å². The smallest absolute Gasteiger partial charge is 0.166 e. The topological polar surface area (TPSA) is 42.5 Å². The van der Waals surface area contributed by atoms with E-state index in [4.69, 9.17) is 33.3 Å². The normalized spacial score (nSPS) is 10.2. The molecule has 0 atom stereocenters. The molecule has 134 valence electrons. The van der Waals surface area contributed by atoms with Gasteiger partial charge in [0.25, 0.3) is 0 Å². The van der Waals surface area contributed by atoms with Crippen molar-refractivity contribution in [2.45, 2.75) is 11.4 Å². The van der Waals surface area contributed by atoms with E-state index in [1.807, 2.05) is 42.5 Å². The van der Waals surface area contributed by atoms with E-state index in [0.29, 0.717) is 23.2 Å². The molecule has 0 saturated heterocycles. The molecule has 25 heavy (non-hydrogen) atoms. The average Bonchev–Trinajstić information content (AvgIpc) is 2.64. The number of thioether (sulfide) groups is 1. The first-order chi connectivity index (χ1) is 12.1. The van der Waals surface area contributed by atoms with Gasteiger partial charge in [0.15, 0.2) is 16.6 Å². The first kappa shape index (κ1) is 19.7. The third-order valence-electron chi connectivity index (χ3n) is 3.37. The first-order valence-corrected chi connectivity index (χ1v) is 9.50. The predicted octanol–water partition coefficient (Wildman–Crippen LogP) is 4.11. The highest BCUT2D eigenvalue weighted by molar-refractivity contribution is 7.99. The van der Waals surface area contributed by atoms with Crippen LogP contribution in [0.4, 0.5) is 0 Å².